The number of sulfonamides is 1. The Kier molecular flexibility index (Phi) is 3.57. The number of aryl methyl sites for hydroxylation is 1. The first-order valence-electron chi connectivity index (χ1n) is 5.85. The van der Waals surface area contributed by atoms with Crippen molar-refractivity contribution in [2.24, 2.45) is 5.10 Å². The molecule has 0 radical (unpaired) electrons. The van der Waals surface area contributed by atoms with Crippen LogP contribution in [0.2, 0.25) is 0 Å². The number of amides is 2. The molecule has 1 aromatic carbocycles. The molecule has 0 spiro atoms. The van der Waals surface area contributed by atoms with Gasteiger partial charge in [-0.15, -0.1) is 0 Å². The van der Waals surface area contributed by atoms with Crippen molar-refractivity contribution in [1.29, 1.82) is 0 Å². The molecule has 1 aromatic rings. The summed E-state index contributed by atoms with van der Waals surface area (Å²) in [6, 6.07) is 5.41. The van der Waals surface area contributed by atoms with Crippen LogP contribution in [-0.2, 0) is 10.0 Å². The van der Waals surface area contributed by atoms with Crippen LogP contribution in [0.25, 0.3) is 0 Å². The number of hydrogen-bond donors (Lipinski definition) is 1. The largest absolute Gasteiger partial charge is 0.351 e. The van der Waals surface area contributed by atoms with Gasteiger partial charge in [0.1, 0.15) is 0 Å². The van der Waals surface area contributed by atoms with E-state index in [-0.39, 0.29) is 10.9 Å². The van der Waals surface area contributed by atoms with Gasteiger partial charge in [0, 0.05) is 12.6 Å². The number of carbonyl (C=O) groups is 1. The molecule has 7 heteroatoms. The van der Waals surface area contributed by atoms with Crippen molar-refractivity contribution in [2.75, 3.05) is 0 Å². The molecule has 0 fully saturated rings. The van der Waals surface area contributed by atoms with E-state index in [1.807, 2.05) is 11.6 Å². The maximum Gasteiger partial charge on any atom is 0.351 e. The monoisotopic (exact) mass is 281 g/mol. The van der Waals surface area contributed by atoms with Crippen molar-refractivity contribution in [2.45, 2.75) is 31.2 Å². The standard InChI is InChI=1S/C12H15N3O3S/c1-9-3-5-11(6-4-9)19(17,18)14-12(16)15-10(2)7-8-13-15/h3-6,8,10H,7H2,1-2H3,(H,14,16)/t10-/m0/s1. The number of hydrogen-bond acceptors (Lipinski definition) is 4. The lowest BCUT2D eigenvalue weighted by atomic mass is 10.2. The molecule has 19 heavy (non-hydrogen) atoms. The minimum atomic E-state index is -3.85. The number of urea groups is 1. The van der Waals surface area contributed by atoms with E-state index in [1.165, 1.54) is 12.1 Å². The van der Waals surface area contributed by atoms with Gasteiger partial charge >= 0.3 is 6.03 Å². The molecule has 102 valence electrons. The van der Waals surface area contributed by atoms with E-state index in [4.69, 9.17) is 0 Å². The Balaban J connectivity index is 2.15. The molecule has 0 aromatic heterocycles. The van der Waals surface area contributed by atoms with Crippen LogP contribution in [0.4, 0.5) is 4.79 Å². The number of nitrogens with zero attached hydrogens (tertiary/aromatic N) is 2. The Hall–Kier alpha value is -1.89. The third kappa shape index (κ3) is 2.93. The van der Waals surface area contributed by atoms with E-state index in [0.29, 0.717) is 6.42 Å². The average Bonchev–Trinajstić information content (AvgIpc) is 2.75. The van der Waals surface area contributed by atoms with Crippen LogP contribution in [0.15, 0.2) is 34.3 Å². The molecule has 1 atom stereocenters. The van der Waals surface area contributed by atoms with Crippen LogP contribution >= 0.6 is 0 Å². The maximum atomic E-state index is 12.0. The van der Waals surface area contributed by atoms with Crippen molar-refractivity contribution in [1.82, 2.24) is 9.73 Å². The van der Waals surface area contributed by atoms with Gasteiger partial charge in [-0.05, 0) is 26.0 Å². The molecule has 2 amide bonds. The minimum Gasteiger partial charge on any atom is -0.246 e. The quantitative estimate of drug-likeness (QED) is 0.891. The lowest BCUT2D eigenvalue weighted by molar-refractivity contribution is 0.196. The van der Waals surface area contributed by atoms with E-state index in [1.54, 1.807) is 25.3 Å². The molecular formula is C12H15N3O3S. The van der Waals surface area contributed by atoms with Crippen LogP contribution < -0.4 is 4.72 Å². The molecule has 0 saturated heterocycles. The predicted octanol–water partition coefficient (Wildman–Crippen LogP) is 1.47. The summed E-state index contributed by atoms with van der Waals surface area (Å²) in [5.41, 5.74) is 0.947. The molecule has 0 aliphatic carbocycles. The number of carbonyl (C=O) groups excluding carboxylic acids is 1. The first kappa shape index (κ1) is 13.5. The average molecular weight is 281 g/mol. The van der Waals surface area contributed by atoms with Crippen molar-refractivity contribution in [3.63, 3.8) is 0 Å². The molecule has 1 heterocycles. The van der Waals surface area contributed by atoms with Crippen molar-refractivity contribution < 1.29 is 13.2 Å². The van der Waals surface area contributed by atoms with E-state index in [0.717, 1.165) is 10.6 Å². The number of rotatable bonds is 2. The summed E-state index contributed by atoms with van der Waals surface area (Å²) < 4.78 is 26.0. The summed E-state index contributed by atoms with van der Waals surface area (Å²) in [7, 11) is -3.85. The second-order valence-electron chi connectivity index (χ2n) is 4.45. The number of hydrazone groups is 1. The third-order valence-corrected chi connectivity index (χ3v) is 4.17. The summed E-state index contributed by atoms with van der Waals surface area (Å²) in [5, 5.41) is 4.97. The van der Waals surface area contributed by atoms with Gasteiger partial charge in [-0.1, -0.05) is 17.7 Å². The van der Waals surface area contributed by atoms with Gasteiger partial charge in [0.05, 0.1) is 10.9 Å². The normalized spacial score (nSPS) is 18.6. The Morgan fingerprint density at radius 2 is 2.00 bits per heavy atom. The van der Waals surface area contributed by atoms with Gasteiger partial charge in [-0.25, -0.2) is 22.9 Å². The summed E-state index contributed by atoms with van der Waals surface area (Å²) in [6.07, 6.45) is 2.21. The van der Waals surface area contributed by atoms with Gasteiger partial charge < -0.3 is 0 Å². The fourth-order valence-electron chi connectivity index (χ4n) is 1.69. The van der Waals surface area contributed by atoms with Gasteiger partial charge in [-0.3, -0.25) is 0 Å². The van der Waals surface area contributed by atoms with Gasteiger partial charge in [0.25, 0.3) is 10.0 Å². The Morgan fingerprint density at radius 3 is 2.53 bits per heavy atom. The first-order valence-corrected chi connectivity index (χ1v) is 7.33. The summed E-state index contributed by atoms with van der Waals surface area (Å²) >= 11 is 0. The lowest BCUT2D eigenvalue weighted by Crippen LogP contribution is -2.42. The molecule has 2 rings (SSSR count). The van der Waals surface area contributed by atoms with Gasteiger partial charge in [0.2, 0.25) is 0 Å². The predicted molar refractivity (Wildman–Crippen MR) is 71.3 cm³/mol. The van der Waals surface area contributed by atoms with Crippen molar-refractivity contribution in [3.05, 3.63) is 29.8 Å². The lowest BCUT2D eigenvalue weighted by Gasteiger charge is -2.18. The van der Waals surface area contributed by atoms with E-state index >= 15 is 0 Å². The minimum absolute atomic E-state index is 0.0577. The topological polar surface area (TPSA) is 78.8 Å². The van der Waals surface area contributed by atoms with Gasteiger partial charge in [0.15, 0.2) is 0 Å². The van der Waals surface area contributed by atoms with Gasteiger partial charge in [-0.2, -0.15) is 5.10 Å². The molecule has 1 aliphatic rings. The molecule has 0 bridgehead atoms. The third-order valence-electron chi connectivity index (χ3n) is 2.83. The highest BCUT2D eigenvalue weighted by molar-refractivity contribution is 7.90. The summed E-state index contributed by atoms with van der Waals surface area (Å²) in [5.74, 6) is 0. The Bertz CT molecular complexity index is 608. The fraction of sp³-hybridized carbons (Fsp3) is 0.333. The molecule has 0 unspecified atom stereocenters. The molecule has 1 aliphatic heterocycles. The highest BCUT2D eigenvalue weighted by atomic mass is 32.2. The Labute approximate surface area is 112 Å². The highest BCUT2D eigenvalue weighted by Crippen LogP contribution is 2.13. The molecular weight excluding hydrogens is 266 g/mol. The van der Waals surface area contributed by atoms with Crippen molar-refractivity contribution >= 4 is 22.3 Å². The number of nitrogens with one attached hydrogen (secondary N) is 1. The zero-order valence-corrected chi connectivity index (χ0v) is 11.5. The first-order chi connectivity index (χ1) is 8.90. The molecule has 6 nitrogen and oxygen atoms in total. The second kappa shape index (κ2) is 5.00. The van der Waals surface area contributed by atoms with Crippen LogP contribution in [0, 0.1) is 6.92 Å². The van der Waals surface area contributed by atoms with Crippen molar-refractivity contribution in [3.8, 4) is 0 Å². The smallest absolute Gasteiger partial charge is 0.246 e. The Morgan fingerprint density at radius 1 is 1.37 bits per heavy atom. The zero-order valence-electron chi connectivity index (χ0n) is 10.7. The van der Waals surface area contributed by atoms with Crippen LogP contribution in [0.1, 0.15) is 18.9 Å². The molecule has 0 saturated carbocycles. The SMILES string of the molecule is Cc1ccc(S(=O)(=O)NC(=O)N2N=CC[C@@H]2C)cc1. The van der Waals surface area contributed by atoms with E-state index < -0.39 is 16.1 Å². The van der Waals surface area contributed by atoms with Crippen LogP contribution in [0.5, 0.6) is 0 Å². The second-order valence-corrected chi connectivity index (χ2v) is 6.13. The zero-order chi connectivity index (χ0) is 14.0. The van der Waals surface area contributed by atoms with Crippen LogP contribution in [0.3, 0.4) is 0 Å². The van der Waals surface area contributed by atoms with E-state index in [9.17, 15) is 13.2 Å². The maximum absolute atomic E-state index is 12.0. The summed E-state index contributed by atoms with van der Waals surface area (Å²) in [4.78, 5) is 11.9. The highest BCUT2D eigenvalue weighted by Gasteiger charge is 2.27. The molecule has 1 N–H and O–H groups in total. The summed E-state index contributed by atoms with van der Waals surface area (Å²) in [6.45, 7) is 3.65. The fourth-order valence-corrected chi connectivity index (χ4v) is 2.63. The van der Waals surface area contributed by atoms with Crippen LogP contribution in [-0.4, -0.2) is 31.7 Å². The van der Waals surface area contributed by atoms with E-state index in [2.05, 4.69) is 5.10 Å². The number of benzene rings is 1.